The molecule has 1 aliphatic heterocycles. The van der Waals surface area contributed by atoms with Gasteiger partial charge in [0.15, 0.2) is 0 Å². The summed E-state index contributed by atoms with van der Waals surface area (Å²) in [6, 6.07) is 0.984. The summed E-state index contributed by atoms with van der Waals surface area (Å²) >= 11 is 2.04. The van der Waals surface area contributed by atoms with Gasteiger partial charge in [-0.2, -0.15) is 11.8 Å². The van der Waals surface area contributed by atoms with E-state index in [-0.39, 0.29) is 6.61 Å². The number of rotatable bonds is 4. The van der Waals surface area contributed by atoms with Crippen LogP contribution in [0.5, 0.6) is 0 Å². The molecule has 3 atom stereocenters. The van der Waals surface area contributed by atoms with Crippen molar-refractivity contribution in [3.8, 4) is 0 Å². The third kappa shape index (κ3) is 3.65. The third-order valence-corrected chi connectivity index (χ3v) is 4.79. The zero-order chi connectivity index (χ0) is 11.5. The topological polar surface area (TPSA) is 32.3 Å². The van der Waals surface area contributed by atoms with E-state index >= 15 is 0 Å². The van der Waals surface area contributed by atoms with Crippen LogP contribution < -0.4 is 5.32 Å². The average Bonchev–Trinajstić information content (AvgIpc) is 2.19. The molecule has 3 unspecified atom stereocenters. The average molecular weight is 231 g/mol. The summed E-state index contributed by atoms with van der Waals surface area (Å²) in [5.74, 6) is 2.83. The fraction of sp³-hybridized carbons (Fsp3) is 1.00. The molecule has 0 saturated carbocycles. The zero-order valence-electron chi connectivity index (χ0n) is 10.4. The lowest BCUT2D eigenvalue weighted by Crippen LogP contribution is -2.51. The molecule has 1 heterocycles. The van der Waals surface area contributed by atoms with Gasteiger partial charge in [-0.25, -0.2) is 0 Å². The molecule has 1 rings (SSSR count). The summed E-state index contributed by atoms with van der Waals surface area (Å²) in [6.45, 7) is 9.24. The molecule has 15 heavy (non-hydrogen) atoms. The minimum atomic E-state index is 0.272. The van der Waals surface area contributed by atoms with E-state index in [2.05, 4.69) is 33.0 Å². The first-order chi connectivity index (χ1) is 6.97. The van der Waals surface area contributed by atoms with Gasteiger partial charge in [0.25, 0.3) is 0 Å². The van der Waals surface area contributed by atoms with Crippen molar-refractivity contribution in [3.63, 3.8) is 0 Å². The van der Waals surface area contributed by atoms with E-state index in [9.17, 15) is 0 Å². The fourth-order valence-corrected chi connectivity index (χ4v) is 3.47. The highest BCUT2D eigenvalue weighted by molar-refractivity contribution is 7.99. The van der Waals surface area contributed by atoms with Crippen molar-refractivity contribution in [2.75, 3.05) is 18.1 Å². The van der Waals surface area contributed by atoms with E-state index in [0.29, 0.717) is 23.4 Å². The van der Waals surface area contributed by atoms with E-state index < -0.39 is 0 Å². The van der Waals surface area contributed by atoms with Crippen LogP contribution in [0.4, 0.5) is 0 Å². The molecule has 1 fully saturated rings. The minimum Gasteiger partial charge on any atom is -0.396 e. The SMILES string of the molecule is CC(CO)C(C)NC1CSCCC1(C)C. The second-order valence-corrected chi connectivity index (χ2v) is 6.63. The summed E-state index contributed by atoms with van der Waals surface area (Å²) in [4.78, 5) is 0. The van der Waals surface area contributed by atoms with Crippen LogP contribution in [0.15, 0.2) is 0 Å². The highest BCUT2D eigenvalue weighted by Gasteiger charge is 2.33. The summed E-state index contributed by atoms with van der Waals surface area (Å²) in [7, 11) is 0. The van der Waals surface area contributed by atoms with E-state index in [0.717, 1.165) is 0 Å². The molecule has 0 spiro atoms. The Bertz CT molecular complexity index is 196. The first-order valence-electron chi connectivity index (χ1n) is 5.92. The van der Waals surface area contributed by atoms with Crippen molar-refractivity contribution in [2.45, 2.75) is 46.2 Å². The Balaban J connectivity index is 2.48. The largest absolute Gasteiger partial charge is 0.396 e. The number of thioether (sulfide) groups is 1. The summed E-state index contributed by atoms with van der Waals surface area (Å²) < 4.78 is 0. The fourth-order valence-electron chi connectivity index (χ4n) is 1.85. The van der Waals surface area contributed by atoms with E-state index in [1.165, 1.54) is 17.9 Å². The van der Waals surface area contributed by atoms with Crippen LogP contribution in [-0.4, -0.2) is 35.3 Å². The van der Waals surface area contributed by atoms with Crippen LogP contribution in [0.1, 0.15) is 34.1 Å². The predicted molar refractivity (Wildman–Crippen MR) is 68.4 cm³/mol. The van der Waals surface area contributed by atoms with Gasteiger partial charge in [-0.1, -0.05) is 20.8 Å². The summed E-state index contributed by atoms with van der Waals surface area (Å²) in [5, 5.41) is 12.8. The molecule has 0 bridgehead atoms. The molecule has 0 amide bonds. The van der Waals surface area contributed by atoms with Crippen molar-refractivity contribution in [1.29, 1.82) is 0 Å². The van der Waals surface area contributed by atoms with Crippen LogP contribution in [0.25, 0.3) is 0 Å². The van der Waals surface area contributed by atoms with Crippen molar-refractivity contribution < 1.29 is 5.11 Å². The van der Waals surface area contributed by atoms with Gasteiger partial charge < -0.3 is 10.4 Å². The Kier molecular flexibility index (Phi) is 4.94. The molecule has 2 nitrogen and oxygen atoms in total. The van der Waals surface area contributed by atoms with Gasteiger partial charge in [0.2, 0.25) is 0 Å². The first kappa shape index (κ1) is 13.3. The molecular formula is C12H25NOS. The van der Waals surface area contributed by atoms with E-state index in [1.54, 1.807) is 0 Å². The third-order valence-electron chi connectivity index (χ3n) is 3.72. The van der Waals surface area contributed by atoms with Gasteiger partial charge in [0.05, 0.1) is 0 Å². The monoisotopic (exact) mass is 231 g/mol. The first-order valence-corrected chi connectivity index (χ1v) is 7.07. The Hall–Kier alpha value is 0.270. The molecular weight excluding hydrogens is 206 g/mol. The molecule has 0 radical (unpaired) electrons. The van der Waals surface area contributed by atoms with Gasteiger partial charge in [-0.3, -0.25) is 0 Å². The predicted octanol–water partition coefficient (Wildman–Crippen LogP) is 2.12. The highest BCUT2D eigenvalue weighted by atomic mass is 32.2. The van der Waals surface area contributed by atoms with Crippen molar-refractivity contribution >= 4 is 11.8 Å². The highest BCUT2D eigenvalue weighted by Crippen LogP contribution is 2.34. The molecule has 1 saturated heterocycles. The molecule has 90 valence electrons. The Morgan fingerprint density at radius 3 is 2.67 bits per heavy atom. The smallest absolute Gasteiger partial charge is 0.0471 e. The van der Waals surface area contributed by atoms with Crippen LogP contribution in [-0.2, 0) is 0 Å². The van der Waals surface area contributed by atoms with E-state index in [4.69, 9.17) is 5.11 Å². The van der Waals surface area contributed by atoms with Crippen LogP contribution in [0, 0.1) is 11.3 Å². The van der Waals surface area contributed by atoms with Gasteiger partial charge in [0.1, 0.15) is 0 Å². The number of aliphatic hydroxyl groups excluding tert-OH is 1. The van der Waals surface area contributed by atoms with Crippen molar-refractivity contribution in [3.05, 3.63) is 0 Å². The Labute approximate surface area is 98.2 Å². The lowest BCUT2D eigenvalue weighted by molar-refractivity contribution is 0.171. The Morgan fingerprint density at radius 2 is 2.13 bits per heavy atom. The standard InChI is InChI=1S/C12H25NOS/c1-9(7-14)10(2)13-11-8-15-6-5-12(11,3)4/h9-11,13-14H,5-8H2,1-4H3. The zero-order valence-corrected chi connectivity index (χ0v) is 11.2. The van der Waals surface area contributed by atoms with Crippen molar-refractivity contribution in [2.24, 2.45) is 11.3 Å². The van der Waals surface area contributed by atoms with E-state index in [1.807, 2.05) is 11.8 Å². The molecule has 3 heteroatoms. The van der Waals surface area contributed by atoms with Gasteiger partial charge >= 0.3 is 0 Å². The number of hydrogen-bond donors (Lipinski definition) is 2. The lowest BCUT2D eigenvalue weighted by atomic mass is 9.81. The molecule has 0 aromatic rings. The lowest BCUT2D eigenvalue weighted by Gasteiger charge is -2.41. The van der Waals surface area contributed by atoms with Crippen LogP contribution >= 0.6 is 11.8 Å². The maximum absolute atomic E-state index is 9.12. The molecule has 0 aromatic carbocycles. The molecule has 2 N–H and O–H groups in total. The van der Waals surface area contributed by atoms with Crippen molar-refractivity contribution in [1.82, 2.24) is 5.32 Å². The quantitative estimate of drug-likeness (QED) is 0.777. The minimum absolute atomic E-state index is 0.272. The molecule has 1 aliphatic rings. The maximum atomic E-state index is 9.12. The normalized spacial score (nSPS) is 29.8. The number of aliphatic hydroxyl groups is 1. The van der Waals surface area contributed by atoms with Crippen LogP contribution in [0.2, 0.25) is 0 Å². The van der Waals surface area contributed by atoms with Gasteiger partial charge in [-0.15, -0.1) is 0 Å². The Morgan fingerprint density at radius 1 is 1.47 bits per heavy atom. The summed E-state index contributed by atoms with van der Waals surface area (Å²) in [5.41, 5.74) is 0.398. The second-order valence-electron chi connectivity index (χ2n) is 5.48. The second kappa shape index (κ2) is 5.55. The van der Waals surface area contributed by atoms with Gasteiger partial charge in [0, 0.05) is 24.4 Å². The molecule has 0 aliphatic carbocycles. The van der Waals surface area contributed by atoms with Gasteiger partial charge in [-0.05, 0) is 30.4 Å². The van der Waals surface area contributed by atoms with Crippen LogP contribution in [0.3, 0.4) is 0 Å². The number of nitrogens with one attached hydrogen (secondary N) is 1. The maximum Gasteiger partial charge on any atom is 0.0471 e. The molecule has 0 aromatic heterocycles. The summed E-state index contributed by atoms with van der Waals surface area (Å²) in [6.07, 6.45) is 1.29. The number of hydrogen-bond acceptors (Lipinski definition) is 3.